The van der Waals surface area contributed by atoms with Crippen molar-refractivity contribution in [1.82, 2.24) is 9.97 Å². The Bertz CT molecular complexity index is 1150. The second-order valence-electron chi connectivity index (χ2n) is 7.79. The van der Waals surface area contributed by atoms with Crippen molar-refractivity contribution < 1.29 is 19.0 Å². The lowest BCUT2D eigenvalue weighted by molar-refractivity contribution is -0.189. The standard InChI is InChI=1S/C24H27N3O4S/c1-17-7-4-5-12-24(17,28)30-14-6-13-29-18-8-10-20-21(15-18)31-22(26-20)11-9-19-16-25-23(32-19)27(2)3/h4-5,7-12,15-17,28H,6,13-14H2,1-3H3. The van der Waals surface area contributed by atoms with E-state index in [1.165, 1.54) is 0 Å². The molecule has 1 aliphatic carbocycles. The van der Waals surface area contributed by atoms with Crippen LogP contribution in [0, 0.1) is 5.92 Å². The van der Waals surface area contributed by atoms with E-state index in [4.69, 9.17) is 13.9 Å². The smallest absolute Gasteiger partial charge is 0.220 e. The number of aliphatic hydroxyl groups is 1. The average molecular weight is 454 g/mol. The number of rotatable bonds is 9. The van der Waals surface area contributed by atoms with Crippen molar-refractivity contribution in [3.8, 4) is 5.75 Å². The number of thiazole rings is 1. The number of allylic oxidation sites excluding steroid dienone is 2. The van der Waals surface area contributed by atoms with Gasteiger partial charge in [-0.15, -0.1) is 0 Å². The summed E-state index contributed by atoms with van der Waals surface area (Å²) in [6.07, 6.45) is 13.6. The fraction of sp³-hybridized carbons (Fsp3) is 0.333. The quantitative estimate of drug-likeness (QED) is 0.370. The number of hydrogen-bond donors (Lipinski definition) is 1. The second-order valence-corrected chi connectivity index (χ2v) is 8.83. The van der Waals surface area contributed by atoms with E-state index < -0.39 is 5.79 Å². The van der Waals surface area contributed by atoms with E-state index in [0.717, 1.165) is 15.5 Å². The molecule has 3 aromatic rings. The van der Waals surface area contributed by atoms with Crippen LogP contribution in [0.4, 0.5) is 5.13 Å². The summed E-state index contributed by atoms with van der Waals surface area (Å²) in [5.74, 6) is -0.0984. The molecule has 2 heterocycles. The highest BCUT2D eigenvalue weighted by molar-refractivity contribution is 7.16. The minimum absolute atomic E-state index is 0.0864. The Morgan fingerprint density at radius 2 is 2.12 bits per heavy atom. The molecule has 2 unspecified atom stereocenters. The van der Waals surface area contributed by atoms with Crippen LogP contribution in [-0.2, 0) is 4.74 Å². The van der Waals surface area contributed by atoms with Crippen molar-refractivity contribution in [2.75, 3.05) is 32.2 Å². The third kappa shape index (κ3) is 5.27. The number of benzene rings is 1. The molecule has 7 nitrogen and oxygen atoms in total. The normalized spacial score (nSPS) is 20.4. The Morgan fingerprint density at radius 1 is 1.25 bits per heavy atom. The zero-order valence-electron chi connectivity index (χ0n) is 18.4. The van der Waals surface area contributed by atoms with Crippen molar-refractivity contribution in [2.24, 2.45) is 5.92 Å². The first-order valence-electron chi connectivity index (χ1n) is 10.5. The van der Waals surface area contributed by atoms with Gasteiger partial charge in [-0.3, -0.25) is 0 Å². The first-order valence-corrected chi connectivity index (χ1v) is 11.3. The molecule has 1 aromatic carbocycles. The number of anilines is 1. The lowest BCUT2D eigenvalue weighted by atomic mass is 9.96. The topological polar surface area (TPSA) is 80.8 Å². The average Bonchev–Trinajstić information content (AvgIpc) is 3.41. The van der Waals surface area contributed by atoms with Crippen LogP contribution >= 0.6 is 11.3 Å². The van der Waals surface area contributed by atoms with Gasteiger partial charge in [-0.1, -0.05) is 36.5 Å². The summed E-state index contributed by atoms with van der Waals surface area (Å²) >= 11 is 1.60. The molecule has 0 amide bonds. The monoisotopic (exact) mass is 453 g/mol. The van der Waals surface area contributed by atoms with Crippen LogP contribution in [0.15, 0.2) is 53.1 Å². The van der Waals surface area contributed by atoms with Gasteiger partial charge in [0.05, 0.1) is 13.2 Å². The molecule has 4 rings (SSSR count). The molecular formula is C24H27N3O4S. The minimum Gasteiger partial charge on any atom is -0.493 e. The predicted molar refractivity (Wildman–Crippen MR) is 128 cm³/mol. The highest BCUT2D eigenvalue weighted by Gasteiger charge is 2.31. The van der Waals surface area contributed by atoms with E-state index in [2.05, 4.69) is 9.97 Å². The third-order valence-corrected chi connectivity index (χ3v) is 6.18. The minimum atomic E-state index is -1.25. The molecule has 1 aliphatic rings. The summed E-state index contributed by atoms with van der Waals surface area (Å²) in [6, 6.07) is 5.58. The summed E-state index contributed by atoms with van der Waals surface area (Å²) in [5.41, 5.74) is 1.44. The fourth-order valence-corrected chi connectivity index (χ4v) is 3.92. The van der Waals surface area contributed by atoms with Gasteiger partial charge in [-0.25, -0.2) is 9.97 Å². The van der Waals surface area contributed by atoms with Gasteiger partial charge in [-0.05, 0) is 24.3 Å². The summed E-state index contributed by atoms with van der Waals surface area (Å²) in [4.78, 5) is 11.8. The zero-order valence-corrected chi connectivity index (χ0v) is 19.2. The largest absolute Gasteiger partial charge is 0.493 e. The van der Waals surface area contributed by atoms with Crippen molar-refractivity contribution in [2.45, 2.75) is 19.1 Å². The Hall–Kier alpha value is -2.94. The highest BCUT2D eigenvalue weighted by atomic mass is 32.1. The Morgan fingerprint density at radius 3 is 2.91 bits per heavy atom. The second kappa shape index (κ2) is 9.68. The Balaban J connectivity index is 1.29. The van der Waals surface area contributed by atoms with Gasteiger partial charge in [0.15, 0.2) is 16.5 Å². The number of oxazole rings is 1. The third-order valence-electron chi connectivity index (χ3n) is 5.05. The van der Waals surface area contributed by atoms with Crippen molar-refractivity contribution in [3.05, 3.63) is 59.5 Å². The predicted octanol–water partition coefficient (Wildman–Crippen LogP) is 4.76. The maximum absolute atomic E-state index is 10.5. The zero-order chi connectivity index (χ0) is 22.6. The van der Waals surface area contributed by atoms with Gasteiger partial charge < -0.3 is 23.9 Å². The molecule has 0 aliphatic heterocycles. The van der Waals surface area contributed by atoms with Gasteiger partial charge in [0.1, 0.15) is 11.3 Å². The molecule has 2 atom stereocenters. The van der Waals surface area contributed by atoms with E-state index in [1.54, 1.807) is 23.5 Å². The summed E-state index contributed by atoms with van der Waals surface area (Å²) in [5, 5.41) is 11.4. The number of nitrogens with zero attached hydrogens (tertiary/aromatic N) is 3. The molecule has 32 heavy (non-hydrogen) atoms. The lowest BCUT2D eigenvalue weighted by Gasteiger charge is -2.31. The van der Waals surface area contributed by atoms with Crippen LogP contribution in [0.1, 0.15) is 24.1 Å². The first kappa shape index (κ1) is 22.3. The molecule has 0 saturated carbocycles. The molecule has 0 radical (unpaired) electrons. The highest BCUT2D eigenvalue weighted by Crippen LogP contribution is 2.27. The summed E-state index contributed by atoms with van der Waals surface area (Å²) in [7, 11) is 3.93. The number of hydrogen-bond acceptors (Lipinski definition) is 8. The van der Waals surface area contributed by atoms with Gasteiger partial charge in [0.2, 0.25) is 5.89 Å². The van der Waals surface area contributed by atoms with Gasteiger partial charge in [-0.2, -0.15) is 0 Å². The van der Waals surface area contributed by atoms with Gasteiger partial charge >= 0.3 is 0 Å². The molecule has 168 valence electrons. The number of aromatic nitrogens is 2. The molecule has 2 aromatic heterocycles. The number of fused-ring (bicyclic) bond motifs is 1. The van der Waals surface area contributed by atoms with Crippen LogP contribution in [0.25, 0.3) is 23.3 Å². The van der Waals surface area contributed by atoms with Gasteiger partial charge in [0.25, 0.3) is 0 Å². The molecule has 0 saturated heterocycles. The molecule has 0 bridgehead atoms. The molecule has 0 fully saturated rings. The van der Waals surface area contributed by atoms with E-state index in [9.17, 15) is 5.11 Å². The Kier molecular flexibility index (Phi) is 6.74. The molecular weight excluding hydrogens is 426 g/mol. The van der Waals surface area contributed by atoms with Crippen molar-refractivity contribution >= 4 is 39.7 Å². The molecule has 8 heteroatoms. The maximum Gasteiger partial charge on any atom is 0.220 e. The molecule has 1 N–H and O–H groups in total. The fourth-order valence-electron chi connectivity index (χ4n) is 3.18. The van der Waals surface area contributed by atoms with Crippen molar-refractivity contribution in [1.29, 1.82) is 0 Å². The SMILES string of the molecule is CC1C=CC=CC1(O)OCCCOc1ccc2nc(C=Cc3cnc(N(C)C)s3)oc2c1. The van der Waals surface area contributed by atoms with E-state index in [1.807, 2.05) is 74.6 Å². The Labute approximate surface area is 191 Å². The van der Waals surface area contributed by atoms with Crippen LogP contribution < -0.4 is 9.64 Å². The summed E-state index contributed by atoms with van der Waals surface area (Å²) in [6.45, 7) is 2.78. The lowest BCUT2D eigenvalue weighted by Crippen LogP contribution is -2.38. The van der Waals surface area contributed by atoms with Crippen LogP contribution in [-0.4, -0.2) is 48.2 Å². The van der Waals surface area contributed by atoms with Crippen LogP contribution in [0.2, 0.25) is 0 Å². The van der Waals surface area contributed by atoms with E-state index >= 15 is 0 Å². The maximum atomic E-state index is 10.5. The van der Waals surface area contributed by atoms with Crippen molar-refractivity contribution in [3.63, 3.8) is 0 Å². The van der Waals surface area contributed by atoms with E-state index in [-0.39, 0.29) is 5.92 Å². The first-order chi connectivity index (χ1) is 15.4. The number of ether oxygens (including phenoxy) is 2. The van der Waals surface area contributed by atoms with E-state index in [0.29, 0.717) is 36.9 Å². The van der Waals surface area contributed by atoms with Crippen LogP contribution in [0.5, 0.6) is 5.75 Å². The van der Waals surface area contributed by atoms with Gasteiger partial charge in [0, 0.05) is 49.7 Å². The summed E-state index contributed by atoms with van der Waals surface area (Å²) < 4.78 is 17.3. The molecule has 0 spiro atoms. The van der Waals surface area contributed by atoms with Crippen LogP contribution in [0.3, 0.4) is 0 Å².